The number of hydrogen-bond acceptors (Lipinski definition) is 2. The van der Waals surface area contributed by atoms with E-state index >= 15 is 0 Å². The highest BCUT2D eigenvalue weighted by Gasteiger charge is 2.42. The Morgan fingerprint density at radius 3 is 1.63 bits per heavy atom. The van der Waals surface area contributed by atoms with Gasteiger partial charge in [-0.1, -0.05) is 0 Å². The zero-order chi connectivity index (χ0) is 15.2. The maximum atomic E-state index is 12.6. The summed E-state index contributed by atoms with van der Waals surface area (Å²) in [5, 5.41) is 0. The summed E-state index contributed by atoms with van der Waals surface area (Å²) < 4.78 is 96.4. The lowest BCUT2D eigenvalue weighted by atomic mass is 10.1. The summed E-state index contributed by atoms with van der Waals surface area (Å²) >= 11 is 0.873. The van der Waals surface area contributed by atoms with Crippen LogP contribution in [0.25, 0.3) is 0 Å². The molecule has 0 saturated heterocycles. The molecule has 0 atom stereocenters. The smallest absolute Gasteiger partial charge is 0.207 e. The molecule has 0 aliphatic carbocycles. The SMILES string of the molecule is O=S(=O)(Cl)c1c(C(F)(F)F)ccc(C(F)(F)F)c1I. The quantitative estimate of drug-likeness (QED) is 0.373. The van der Waals surface area contributed by atoms with Crippen LogP contribution < -0.4 is 0 Å². The average Bonchev–Trinajstić information content (AvgIpc) is 2.11. The van der Waals surface area contributed by atoms with Crippen molar-refractivity contribution in [3.63, 3.8) is 0 Å². The molecule has 1 aromatic rings. The van der Waals surface area contributed by atoms with E-state index in [-0.39, 0.29) is 12.1 Å². The van der Waals surface area contributed by atoms with Crippen molar-refractivity contribution >= 4 is 42.3 Å². The van der Waals surface area contributed by atoms with E-state index in [9.17, 15) is 34.8 Å². The molecule has 19 heavy (non-hydrogen) atoms. The lowest BCUT2D eigenvalue weighted by Gasteiger charge is -2.16. The lowest BCUT2D eigenvalue weighted by Crippen LogP contribution is -2.16. The van der Waals surface area contributed by atoms with Gasteiger partial charge in [-0.15, -0.1) is 0 Å². The third-order valence-electron chi connectivity index (χ3n) is 1.95. The van der Waals surface area contributed by atoms with E-state index in [1.54, 1.807) is 0 Å². The van der Waals surface area contributed by atoms with Crippen LogP contribution in [0.5, 0.6) is 0 Å². The second kappa shape index (κ2) is 4.95. The highest BCUT2D eigenvalue weighted by atomic mass is 127. The highest BCUT2D eigenvalue weighted by molar-refractivity contribution is 14.1. The molecule has 11 heteroatoms. The van der Waals surface area contributed by atoms with E-state index in [0.29, 0.717) is 0 Å². The predicted octanol–water partition coefficient (Wildman–Crippen LogP) is 4.26. The van der Waals surface area contributed by atoms with Crippen molar-refractivity contribution in [1.29, 1.82) is 0 Å². The molecule has 0 heterocycles. The summed E-state index contributed by atoms with van der Waals surface area (Å²) in [6, 6.07) is 0.205. The first-order valence-electron chi connectivity index (χ1n) is 4.18. The summed E-state index contributed by atoms with van der Waals surface area (Å²) in [5.41, 5.74) is -3.24. The predicted molar refractivity (Wildman–Crippen MR) is 62.2 cm³/mol. The maximum Gasteiger partial charge on any atom is 0.417 e. The molecule has 0 saturated carbocycles. The molecule has 108 valence electrons. The zero-order valence-electron chi connectivity index (χ0n) is 8.40. The minimum atomic E-state index is -5.14. The number of alkyl halides is 6. The minimum Gasteiger partial charge on any atom is -0.207 e. The Hall–Kier alpha value is -0.230. The first-order valence-corrected chi connectivity index (χ1v) is 7.56. The van der Waals surface area contributed by atoms with Crippen molar-refractivity contribution in [2.45, 2.75) is 17.2 Å². The molecule has 0 bridgehead atoms. The second-order valence-corrected chi connectivity index (χ2v) is 6.82. The van der Waals surface area contributed by atoms with Crippen LogP contribution >= 0.6 is 33.3 Å². The third-order valence-corrected chi connectivity index (χ3v) is 4.81. The number of rotatable bonds is 1. The van der Waals surface area contributed by atoms with Crippen LogP contribution in [0.15, 0.2) is 17.0 Å². The standard InChI is InChI=1S/C8H2ClF6IO2S/c9-19(17,18)6-4(8(13,14)15)2-1-3(5(6)16)7(10,11)12/h1-2H. The Morgan fingerprint density at radius 1 is 0.947 bits per heavy atom. The van der Waals surface area contributed by atoms with Crippen LogP contribution in [0.3, 0.4) is 0 Å². The molecular formula is C8H2ClF6IO2S. The summed E-state index contributed by atoms with van der Waals surface area (Å²) in [7, 11) is -0.188. The Morgan fingerprint density at radius 2 is 1.32 bits per heavy atom. The molecule has 0 aliphatic heterocycles. The van der Waals surface area contributed by atoms with Gasteiger partial charge >= 0.3 is 12.4 Å². The molecular weight excluding hydrogens is 436 g/mol. The molecule has 0 amide bonds. The van der Waals surface area contributed by atoms with E-state index in [0.717, 1.165) is 22.6 Å². The second-order valence-electron chi connectivity index (χ2n) is 3.24. The summed E-state index contributed by atoms with van der Waals surface area (Å²) in [5.74, 6) is 0. The minimum absolute atomic E-state index is 0.0419. The van der Waals surface area contributed by atoms with E-state index in [2.05, 4.69) is 0 Å². The van der Waals surface area contributed by atoms with Gasteiger partial charge in [0.25, 0.3) is 9.05 Å². The maximum absolute atomic E-state index is 12.6. The van der Waals surface area contributed by atoms with Gasteiger partial charge < -0.3 is 0 Å². The molecule has 0 aromatic heterocycles. The van der Waals surface area contributed by atoms with Crippen LogP contribution in [-0.2, 0) is 21.4 Å². The molecule has 0 aliphatic rings. The van der Waals surface area contributed by atoms with Crippen molar-refractivity contribution in [3.05, 3.63) is 26.8 Å². The van der Waals surface area contributed by atoms with Gasteiger partial charge in [0.15, 0.2) is 0 Å². The molecule has 0 unspecified atom stereocenters. The van der Waals surface area contributed by atoms with Crippen molar-refractivity contribution in [2.75, 3.05) is 0 Å². The molecule has 1 rings (SSSR count). The fraction of sp³-hybridized carbons (Fsp3) is 0.250. The fourth-order valence-electron chi connectivity index (χ4n) is 1.24. The van der Waals surface area contributed by atoms with Crippen LogP contribution in [-0.4, -0.2) is 8.42 Å². The first kappa shape index (κ1) is 16.8. The molecule has 0 spiro atoms. The van der Waals surface area contributed by atoms with Gasteiger partial charge in [0.1, 0.15) is 4.90 Å². The lowest BCUT2D eigenvalue weighted by molar-refractivity contribution is -0.143. The number of benzene rings is 1. The number of halogens is 8. The summed E-state index contributed by atoms with van der Waals surface area (Å²) in [4.78, 5) is -1.59. The van der Waals surface area contributed by atoms with Crippen molar-refractivity contribution < 1.29 is 34.8 Å². The van der Waals surface area contributed by atoms with Crippen molar-refractivity contribution in [3.8, 4) is 0 Å². The van der Waals surface area contributed by atoms with E-state index in [4.69, 9.17) is 10.7 Å². The monoisotopic (exact) mass is 438 g/mol. The van der Waals surface area contributed by atoms with Crippen LogP contribution in [0.2, 0.25) is 0 Å². The highest BCUT2D eigenvalue weighted by Crippen LogP contribution is 2.42. The Labute approximate surface area is 121 Å². The number of hydrogen-bond donors (Lipinski definition) is 0. The fourth-order valence-corrected chi connectivity index (χ4v) is 4.52. The van der Waals surface area contributed by atoms with Gasteiger partial charge in [-0.25, -0.2) is 8.42 Å². The Balaban J connectivity index is 3.81. The van der Waals surface area contributed by atoms with Gasteiger partial charge in [-0.2, -0.15) is 26.3 Å². The third kappa shape index (κ3) is 3.66. The molecule has 0 fully saturated rings. The molecule has 0 N–H and O–H groups in total. The van der Waals surface area contributed by atoms with Crippen LogP contribution in [0, 0.1) is 3.57 Å². The average molecular weight is 439 g/mol. The Kier molecular flexibility index (Phi) is 4.38. The molecule has 1 aromatic carbocycles. The normalized spacial score (nSPS) is 13.7. The van der Waals surface area contributed by atoms with Crippen molar-refractivity contribution in [2.24, 2.45) is 0 Å². The van der Waals surface area contributed by atoms with E-state index < -0.39 is 41.0 Å². The summed E-state index contributed by atoms with van der Waals surface area (Å²) in [6.45, 7) is 0. The van der Waals surface area contributed by atoms with E-state index in [1.807, 2.05) is 0 Å². The Bertz CT molecular complexity index is 607. The first-order chi connectivity index (χ1) is 8.26. The van der Waals surface area contributed by atoms with E-state index in [1.165, 1.54) is 0 Å². The van der Waals surface area contributed by atoms with Gasteiger partial charge in [-0.05, 0) is 34.7 Å². The van der Waals surface area contributed by atoms with Crippen molar-refractivity contribution in [1.82, 2.24) is 0 Å². The topological polar surface area (TPSA) is 34.1 Å². The largest absolute Gasteiger partial charge is 0.417 e. The van der Waals surface area contributed by atoms with Crippen LogP contribution in [0.4, 0.5) is 26.3 Å². The molecule has 0 radical (unpaired) electrons. The summed E-state index contributed by atoms with van der Waals surface area (Å²) in [6.07, 6.45) is -10.1. The molecule has 2 nitrogen and oxygen atoms in total. The van der Waals surface area contributed by atoms with Crippen LogP contribution in [0.1, 0.15) is 11.1 Å². The van der Waals surface area contributed by atoms with Gasteiger partial charge in [0.2, 0.25) is 0 Å². The van der Waals surface area contributed by atoms with Gasteiger partial charge in [0, 0.05) is 14.3 Å². The zero-order valence-corrected chi connectivity index (χ0v) is 12.1. The van der Waals surface area contributed by atoms with Gasteiger partial charge in [-0.3, -0.25) is 0 Å². The van der Waals surface area contributed by atoms with Gasteiger partial charge in [0.05, 0.1) is 11.1 Å².